The molecule has 4 rings (SSSR count). The van der Waals surface area contributed by atoms with Crippen molar-refractivity contribution in [2.45, 2.75) is 56.5 Å². The van der Waals surface area contributed by atoms with Gasteiger partial charge in [0.15, 0.2) is 0 Å². The third-order valence-corrected chi connectivity index (χ3v) is 4.74. The molecule has 20 heavy (non-hydrogen) atoms. The minimum Gasteiger partial charge on any atom is -0.327 e. The molecule has 1 heterocycles. The number of rotatable bonds is 2. The summed E-state index contributed by atoms with van der Waals surface area (Å²) in [6.45, 7) is 0. The number of aromatic nitrogens is 2. The summed E-state index contributed by atoms with van der Waals surface area (Å²) in [7, 11) is 0. The van der Waals surface area contributed by atoms with E-state index in [2.05, 4.69) is 4.57 Å². The molecule has 2 aromatic rings. The summed E-state index contributed by atoms with van der Waals surface area (Å²) < 4.78 is 15.8. The maximum atomic E-state index is 13.4. The van der Waals surface area contributed by atoms with E-state index in [-0.39, 0.29) is 11.9 Å². The van der Waals surface area contributed by atoms with Crippen molar-refractivity contribution in [3.8, 4) is 0 Å². The highest BCUT2D eigenvalue weighted by atomic mass is 19.1. The summed E-state index contributed by atoms with van der Waals surface area (Å²) in [6, 6.07) is 5.70. The van der Waals surface area contributed by atoms with Gasteiger partial charge in [-0.05, 0) is 37.8 Å². The highest BCUT2D eigenvalue weighted by Crippen LogP contribution is 2.42. The van der Waals surface area contributed by atoms with Crippen molar-refractivity contribution in [2.75, 3.05) is 0 Å². The van der Waals surface area contributed by atoms with Crippen molar-refractivity contribution in [1.82, 2.24) is 9.55 Å². The van der Waals surface area contributed by atoms with Gasteiger partial charge in [-0.15, -0.1) is 0 Å². The monoisotopic (exact) mass is 273 g/mol. The molecule has 106 valence electrons. The van der Waals surface area contributed by atoms with E-state index in [4.69, 9.17) is 10.7 Å². The molecular formula is C16H20FN3. The number of hydrogen-bond acceptors (Lipinski definition) is 2. The third-order valence-electron chi connectivity index (χ3n) is 4.74. The summed E-state index contributed by atoms with van der Waals surface area (Å²) in [5, 5.41) is 0. The summed E-state index contributed by atoms with van der Waals surface area (Å²) in [4.78, 5) is 4.75. The number of nitrogens with two attached hydrogens (primary N) is 1. The van der Waals surface area contributed by atoms with Crippen LogP contribution in [0.2, 0.25) is 0 Å². The first-order valence-electron chi connectivity index (χ1n) is 7.67. The minimum atomic E-state index is -0.211. The molecule has 4 heteroatoms. The molecule has 1 aromatic carbocycles. The van der Waals surface area contributed by atoms with Gasteiger partial charge in [0.2, 0.25) is 0 Å². The van der Waals surface area contributed by atoms with Gasteiger partial charge in [0.1, 0.15) is 11.6 Å². The van der Waals surface area contributed by atoms with Gasteiger partial charge >= 0.3 is 0 Å². The van der Waals surface area contributed by atoms with Crippen molar-refractivity contribution in [3.05, 3.63) is 29.8 Å². The highest BCUT2D eigenvalue weighted by Gasteiger charge is 2.34. The standard InChI is InChI=1S/C16H20FN3/c17-10-5-8-15-14(9-10)19-16(20(15)11-6-7-11)12-3-1-2-4-13(12)18/h5,8-9,11-13H,1-4,6-7,18H2. The Morgan fingerprint density at radius 2 is 1.95 bits per heavy atom. The number of halogens is 1. The Morgan fingerprint density at radius 1 is 1.15 bits per heavy atom. The van der Waals surface area contributed by atoms with Crippen LogP contribution in [0.15, 0.2) is 18.2 Å². The maximum Gasteiger partial charge on any atom is 0.125 e. The topological polar surface area (TPSA) is 43.8 Å². The van der Waals surface area contributed by atoms with Gasteiger partial charge in [-0.1, -0.05) is 12.8 Å². The molecule has 0 aliphatic heterocycles. The van der Waals surface area contributed by atoms with Crippen LogP contribution in [0.25, 0.3) is 11.0 Å². The average Bonchev–Trinajstić information content (AvgIpc) is 3.20. The van der Waals surface area contributed by atoms with Crippen LogP contribution in [0.1, 0.15) is 56.3 Å². The van der Waals surface area contributed by atoms with E-state index >= 15 is 0 Å². The molecule has 2 fully saturated rings. The lowest BCUT2D eigenvalue weighted by Gasteiger charge is -2.28. The Labute approximate surface area is 118 Å². The van der Waals surface area contributed by atoms with Gasteiger partial charge < -0.3 is 10.3 Å². The van der Waals surface area contributed by atoms with Crippen LogP contribution in [-0.4, -0.2) is 15.6 Å². The first-order valence-corrected chi connectivity index (χ1v) is 7.67. The van der Waals surface area contributed by atoms with E-state index in [1.165, 1.54) is 31.7 Å². The van der Waals surface area contributed by atoms with E-state index in [9.17, 15) is 4.39 Å². The summed E-state index contributed by atoms with van der Waals surface area (Å²) >= 11 is 0. The second-order valence-corrected chi connectivity index (χ2v) is 6.26. The molecule has 2 aliphatic rings. The number of fused-ring (bicyclic) bond motifs is 1. The number of benzene rings is 1. The van der Waals surface area contributed by atoms with Crippen molar-refractivity contribution in [3.63, 3.8) is 0 Å². The average molecular weight is 273 g/mol. The lowest BCUT2D eigenvalue weighted by atomic mass is 9.84. The van der Waals surface area contributed by atoms with Crippen molar-refractivity contribution in [1.29, 1.82) is 0 Å². The lowest BCUT2D eigenvalue weighted by molar-refractivity contribution is 0.365. The summed E-state index contributed by atoms with van der Waals surface area (Å²) in [5.41, 5.74) is 8.18. The second-order valence-electron chi connectivity index (χ2n) is 6.26. The second kappa shape index (κ2) is 4.55. The zero-order valence-electron chi connectivity index (χ0n) is 11.6. The van der Waals surface area contributed by atoms with Gasteiger partial charge in [-0.2, -0.15) is 0 Å². The predicted octanol–water partition coefficient (Wildman–Crippen LogP) is 3.50. The first-order chi connectivity index (χ1) is 9.74. The molecule has 0 bridgehead atoms. The van der Waals surface area contributed by atoms with Crippen molar-refractivity contribution < 1.29 is 4.39 Å². The quantitative estimate of drug-likeness (QED) is 0.910. The van der Waals surface area contributed by atoms with Crippen LogP contribution in [0.4, 0.5) is 4.39 Å². The molecule has 1 aromatic heterocycles. The van der Waals surface area contributed by atoms with Gasteiger partial charge in [0.05, 0.1) is 11.0 Å². The van der Waals surface area contributed by atoms with Crippen LogP contribution >= 0.6 is 0 Å². The normalized spacial score (nSPS) is 27.1. The molecule has 2 saturated carbocycles. The molecule has 0 saturated heterocycles. The van der Waals surface area contributed by atoms with Crippen LogP contribution in [0.3, 0.4) is 0 Å². The molecular weight excluding hydrogens is 253 g/mol. The van der Waals surface area contributed by atoms with Crippen LogP contribution in [-0.2, 0) is 0 Å². The lowest BCUT2D eigenvalue weighted by Crippen LogP contribution is -2.33. The Balaban J connectivity index is 1.86. The molecule has 0 radical (unpaired) electrons. The molecule has 2 atom stereocenters. The van der Waals surface area contributed by atoms with Gasteiger partial charge in [-0.25, -0.2) is 9.37 Å². The summed E-state index contributed by atoms with van der Waals surface area (Å²) in [5.74, 6) is 1.22. The van der Waals surface area contributed by atoms with Gasteiger partial charge in [-0.3, -0.25) is 0 Å². The third kappa shape index (κ3) is 1.94. The molecule has 2 N–H and O–H groups in total. The predicted molar refractivity (Wildman–Crippen MR) is 77.1 cm³/mol. The zero-order chi connectivity index (χ0) is 13.7. The van der Waals surface area contributed by atoms with Gasteiger partial charge in [0, 0.05) is 24.1 Å². The fourth-order valence-corrected chi connectivity index (χ4v) is 3.55. The fraction of sp³-hybridized carbons (Fsp3) is 0.562. The number of hydrogen-bond donors (Lipinski definition) is 1. The Kier molecular flexibility index (Phi) is 2.81. The SMILES string of the molecule is NC1CCCCC1c1nc2cc(F)ccc2n1C1CC1. The largest absolute Gasteiger partial charge is 0.327 e. The molecule has 0 amide bonds. The first kappa shape index (κ1) is 12.3. The Morgan fingerprint density at radius 3 is 2.70 bits per heavy atom. The van der Waals surface area contributed by atoms with E-state index in [0.29, 0.717) is 12.0 Å². The van der Waals surface area contributed by atoms with Crippen LogP contribution in [0.5, 0.6) is 0 Å². The highest BCUT2D eigenvalue weighted by molar-refractivity contribution is 5.76. The fourth-order valence-electron chi connectivity index (χ4n) is 3.55. The van der Waals surface area contributed by atoms with E-state index in [0.717, 1.165) is 29.7 Å². The summed E-state index contributed by atoms with van der Waals surface area (Å²) in [6.07, 6.45) is 7.04. The van der Waals surface area contributed by atoms with Crippen LogP contribution in [0, 0.1) is 5.82 Å². The Hall–Kier alpha value is -1.42. The van der Waals surface area contributed by atoms with Crippen molar-refractivity contribution >= 4 is 11.0 Å². The number of nitrogens with zero attached hydrogens (tertiary/aromatic N) is 2. The molecule has 2 aliphatic carbocycles. The molecule has 3 nitrogen and oxygen atoms in total. The van der Waals surface area contributed by atoms with Gasteiger partial charge in [0.25, 0.3) is 0 Å². The number of imidazole rings is 1. The van der Waals surface area contributed by atoms with Crippen molar-refractivity contribution in [2.24, 2.45) is 5.73 Å². The minimum absolute atomic E-state index is 0.197. The Bertz CT molecular complexity index is 644. The molecule has 0 spiro atoms. The van der Waals surface area contributed by atoms with E-state index in [1.54, 1.807) is 6.07 Å². The van der Waals surface area contributed by atoms with E-state index in [1.807, 2.05) is 6.07 Å². The van der Waals surface area contributed by atoms with Crippen LogP contribution < -0.4 is 5.73 Å². The smallest absolute Gasteiger partial charge is 0.125 e. The van der Waals surface area contributed by atoms with E-state index < -0.39 is 0 Å². The maximum absolute atomic E-state index is 13.4. The molecule has 2 unspecified atom stereocenters. The zero-order valence-corrected chi connectivity index (χ0v) is 11.6.